The molecular formula is C20H21ClF3N3O4. The molecule has 1 fully saturated rings. The molecular weight excluding hydrogens is 439 g/mol. The molecule has 1 saturated heterocycles. The van der Waals surface area contributed by atoms with Crippen molar-refractivity contribution in [2.75, 3.05) is 31.7 Å². The maximum absolute atomic E-state index is 12.4. The maximum atomic E-state index is 12.4. The number of alkyl halides is 3. The van der Waals surface area contributed by atoms with Gasteiger partial charge in [0.2, 0.25) is 0 Å². The van der Waals surface area contributed by atoms with Gasteiger partial charge in [0.15, 0.2) is 11.0 Å². The van der Waals surface area contributed by atoms with Gasteiger partial charge in [0, 0.05) is 18.7 Å². The van der Waals surface area contributed by atoms with E-state index in [4.69, 9.17) is 21.1 Å². The Hall–Kier alpha value is -2.59. The van der Waals surface area contributed by atoms with Crippen molar-refractivity contribution < 1.29 is 32.5 Å². The first-order valence-corrected chi connectivity index (χ1v) is 9.89. The zero-order valence-corrected chi connectivity index (χ0v) is 17.4. The summed E-state index contributed by atoms with van der Waals surface area (Å²) < 4.78 is 47.1. The van der Waals surface area contributed by atoms with Crippen molar-refractivity contribution >= 4 is 23.4 Å². The number of methoxy groups -OCH3 is 1. The highest BCUT2D eigenvalue weighted by Gasteiger charge is 2.29. The summed E-state index contributed by atoms with van der Waals surface area (Å²) in [5.41, 5.74) is 1.22. The third-order valence-electron chi connectivity index (χ3n) is 4.91. The summed E-state index contributed by atoms with van der Waals surface area (Å²) in [4.78, 5) is 22.0. The number of carbonyl (C=O) groups is 1. The lowest BCUT2D eigenvalue weighted by Crippen LogP contribution is -2.37. The summed E-state index contributed by atoms with van der Waals surface area (Å²) >= 11 is 6.21. The zero-order chi connectivity index (χ0) is 22.6. The van der Waals surface area contributed by atoms with Crippen molar-refractivity contribution in [3.63, 3.8) is 0 Å². The molecule has 0 aliphatic carbocycles. The lowest BCUT2D eigenvalue weighted by Gasteiger charge is -2.32. The largest absolute Gasteiger partial charge is 0.497 e. The number of hydrogen-bond acceptors (Lipinski definition) is 6. The van der Waals surface area contributed by atoms with Gasteiger partial charge in [-0.2, -0.15) is 13.2 Å². The average molecular weight is 460 g/mol. The van der Waals surface area contributed by atoms with Crippen molar-refractivity contribution in [1.29, 1.82) is 0 Å². The van der Waals surface area contributed by atoms with Crippen LogP contribution in [0.4, 0.5) is 19.0 Å². The van der Waals surface area contributed by atoms with E-state index in [0.29, 0.717) is 48.8 Å². The number of piperidine rings is 1. The monoisotopic (exact) mass is 459 g/mol. The van der Waals surface area contributed by atoms with Crippen LogP contribution in [0.5, 0.6) is 5.75 Å². The first-order valence-electron chi connectivity index (χ1n) is 9.51. The van der Waals surface area contributed by atoms with Crippen molar-refractivity contribution in [1.82, 2.24) is 9.97 Å². The molecule has 0 atom stereocenters. The highest BCUT2D eigenvalue weighted by atomic mass is 35.5. The van der Waals surface area contributed by atoms with E-state index in [1.54, 1.807) is 31.4 Å². The fourth-order valence-electron chi connectivity index (χ4n) is 3.30. The van der Waals surface area contributed by atoms with E-state index in [9.17, 15) is 23.1 Å². The van der Waals surface area contributed by atoms with Gasteiger partial charge in [0.25, 0.3) is 0 Å². The zero-order valence-electron chi connectivity index (χ0n) is 16.7. The molecule has 1 N–H and O–H groups in total. The molecule has 0 radical (unpaired) electrons. The van der Waals surface area contributed by atoms with Crippen molar-refractivity contribution in [3.8, 4) is 17.0 Å². The fraction of sp³-hybridized carbons (Fsp3) is 0.450. The first-order chi connectivity index (χ1) is 14.7. The topological polar surface area (TPSA) is 84.8 Å². The standard InChI is InChI=1S/C20H21ClF3N3O4/c1-30-14-4-2-12(3-5-14)16-18(27-8-6-13(7-9-27)19(28)29)25-15(17(21)26-16)10-31-11-20(22,23)24/h2-5,13H,6-11H2,1H3,(H,28,29). The number of rotatable bonds is 7. The number of benzene rings is 1. The summed E-state index contributed by atoms with van der Waals surface area (Å²) in [6.45, 7) is -1.05. The van der Waals surface area contributed by atoms with Gasteiger partial charge in [-0.3, -0.25) is 4.79 Å². The molecule has 0 saturated carbocycles. The Kier molecular flexibility index (Phi) is 7.22. The van der Waals surface area contributed by atoms with E-state index in [2.05, 4.69) is 9.97 Å². The summed E-state index contributed by atoms with van der Waals surface area (Å²) in [7, 11) is 1.54. The van der Waals surface area contributed by atoms with E-state index in [1.807, 2.05) is 4.90 Å². The summed E-state index contributed by atoms with van der Waals surface area (Å²) in [6.07, 6.45) is -3.63. The minimum Gasteiger partial charge on any atom is -0.497 e. The molecule has 168 valence electrons. The Morgan fingerprint density at radius 1 is 1.23 bits per heavy atom. The maximum Gasteiger partial charge on any atom is 0.411 e. The van der Waals surface area contributed by atoms with Crippen LogP contribution in [0.3, 0.4) is 0 Å². The van der Waals surface area contributed by atoms with Gasteiger partial charge in [-0.15, -0.1) is 0 Å². The Morgan fingerprint density at radius 2 is 1.87 bits per heavy atom. The molecule has 1 aliphatic heterocycles. The quantitative estimate of drug-likeness (QED) is 0.664. The second-order valence-electron chi connectivity index (χ2n) is 7.07. The van der Waals surface area contributed by atoms with E-state index in [1.165, 1.54) is 0 Å². The number of nitrogens with zero attached hydrogens (tertiary/aromatic N) is 3. The molecule has 1 aliphatic rings. The highest BCUT2D eigenvalue weighted by molar-refractivity contribution is 6.30. The van der Waals surface area contributed by atoms with Crippen molar-refractivity contribution in [2.24, 2.45) is 5.92 Å². The Balaban J connectivity index is 1.93. The molecule has 2 aromatic rings. The van der Waals surface area contributed by atoms with E-state index in [-0.39, 0.29) is 10.8 Å². The molecule has 2 heterocycles. The number of ether oxygens (including phenoxy) is 2. The van der Waals surface area contributed by atoms with Crippen LogP contribution in [0.15, 0.2) is 24.3 Å². The molecule has 0 spiro atoms. The normalized spacial score (nSPS) is 15.2. The van der Waals surface area contributed by atoms with Crippen molar-refractivity contribution in [3.05, 3.63) is 35.1 Å². The van der Waals surface area contributed by atoms with Crippen LogP contribution < -0.4 is 9.64 Å². The third kappa shape index (κ3) is 5.98. The number of hydrogen-bond donors (Lipinski definition) is 1. The lowest BCUT2D eigenvalue weighted by molar-refractivity contribution is -0.176. The van der Waals surface area contributed by atoms with Crippen LogP contribution >= 0.6 is 11.6 Å². The van der Waals surface area contributed by atoms with Crippen LogP contribution in [0.2, 0.25) is 5.15 Å². The molecule has 7 nitrogen and oxygen atoms in total. The number of aliphatic carboxylic acids is 1. The number of halogens is 4. The Labute approximate surface area is 181 Å². The summed E-state index contributed by atoms with van der Waals surface area (Å²) in [6, 6.07) is 7.02. The highest BCUT2D eigenvalue weighted by Crippen LogP contribution is 2.34. The smallest absolute Gasteiger partial charge is 0.411 e. The second kappa shape index (κ2) is 9.69. The number of carboxylic acid groups (broad SMARTS) is 1. The average Bonchev–Trinajstić information content (AvgIpc) is 2.74. The van der Waals surface area contributed by atoms with Crippen LogP contribution in [-0.4, -0.2) is 54.0 Å². The van der Waals surface area contributed by atoms with E-state index < -0.39 is 31.3 Å². The number of anilines is 1. The van der Waals surface area contributed by atoms with Gasteiger partial charge in [0.05, 0.1) is 19.6 Å². The molecule has 3 rings (SSSR count). The SMILES string of the molecule is COc1ccc(-c2nc(Cl)c(COCC(F)(F)F)nc2N2CCC(C(=O)O)CC2)cc1. The Morgan fingerprint density at radius 3 is 2.42 bits per heavy atom. The van der Waals surface area contributed by atoms with Crippen LogP contribution in [-0.2, 0) is 16.1 Å². The summed E-state index contributed by atoms with van der Waals surface area (Å²) in [5.74, 6) is -0.234. The van der Waals surface area contributed by atoms with E-state index in [0.717, 1.165) is 0 Å². The predicted octanol–water partition coefficient (Wildman–Crippen LogP) is 4.19. The first kappa shape index (κ1) is 23.1. The van der Waals surface area contributed by atoms with Crippen LogP contribution in [0.1, 0.15) is 18.5 Å². The van der Waals surface area contributed by atoms with Gasteiger partial charge in [-0.05, 0) is 37.1 Å². The molecule has 1 aromatic carbocycles. The van der Waals surface area contributed by atoms with Crippen LogP contribution in [0.25, 0.3) is 11.3 Å². The molecule has 0 amide bonds. The fourth-order valence-corrected chi connectivity index (χ4v) is 3.48. The minimum atomic E-state index is -4.47. The van der Waals surface area contributed by atoms with Gasteiger partial charge in [0.1, 0.15) is 23.7 Å². The lowest BCUT2D eigenvalue weighted by atomic mass is 9.97. The third-order valence-corrected chi connectivity index (χ3v) is 5.22. The van der Waals surface area contributed by atoms with Gasteiger partial charge in [-0.25, -0.2) is 9.97 Å². The van der Waals surface area contributed by atoms with Crippen LogP contribution in [0, 0.1) is 5.92 Å². The molecule has 0 bridgehead atoms. The van der Waals surface area contributed by atoms with Gasteiger partial charge < -0.3 is 19.5 Å². The predicted molar refractivity (Wildman–Crippen MR) is 107 cm³/mol. The molecule has 31 heavy (non-hydrogen) atoms. The molecule has 1 aromatic heterocycles. The molecule has 0 unspecified atom stereocenters. The minimum absolute atomic E-state index is 0.0582. The molecule has 11 heteroatoms. The number of aromatic nitrogens is 2. The number of carboxylic acids is 1. The summed E-state index contributed by atoms with van der Waals surface area (Å²) in [5, 5.41) is 9.18. The van der Waals surface area contributed by atoms with Gasteiger partial charge >= 0.3 is 12.1 Å². The second-order valence-corrected chi connectivity index (χ2v) is 7.43. The van der Waals surface area contributed by atoms with Crippen molar-refractivity contribution in [2.45, 2.75) is 25.6 Å². The van der Waals surface area contributed by atoms with Gasteiger partial charge in [-0.1, -0.05) is 11.6 Å². The Bertz CT molecular complexity index is 917. The van der Waals surface area contributed by atoms with E-state index >= 15 is 0 Å².